The molecule has 0 aromatic carbocycles. The minimum absolute atomic E-state index is 0. The maximum absolute atomic E-state index is 7.75. The van der Waals surface area contributed by atoms with Gasteiger partial charge in [0.25, 0.3) is 0 Å². The van der Waals surface area contributed by atoms with Crippen molar-refractivity contribution in [3.05, 3.63) is 7.43 Å². The van der Waals surface area contributed by atoms with Crippen molar-refractivity contribution in [3.8, 4) is 0 Å². The molecule has 4 heavy (non-hydrogen) atoms. The molecule has 0 aromatic rings. The number of hydrogen-bond acceptors (Lipinski definition) is 1. The molecular formula is C2H6OPd-2. The third kappa shape index (κ3) is 37.5. The summed E-state index contributed by atoms with van der Waals surface area (Å²) in [6.07, 6.45) is 0. The first kappa shape index (κ1) is 27.1. The summed E-state index contributed by atoms with van der Waals surface area (Å²) in [6.45, 7) is 3.25. The van der Waals surface area contributed by atoms with E-state index in [1.807, 2.05) is 0 Å². The minimum atomic E-state index is 0. The van der Waals surface area contributed by atoms with E-state index < -0.39 is 0 Å². The molecule has 0 saturated carbocycles. The van der Waals surface area contributed by atoms with Gasteiger partial charge in [-0.05, 0) is 0 Å². The summed E-state index contributed by atoms with van der Waals surface area (Å²) in [5.74, 6) is 0. The Bertz CT molecular complexity index is 6.00. The molecule has 0 fully saturated rings. The van der Waals surface area contributed by atoms with Crippen LogP contribution in [0.15, 0.2) is 0 Å². The van der Waals surface area contributed by atoms with E-state index in [2.05, 4.69) is 6.79 Å². The van der Waals surface area contributed by atoms with Crippen LogP contribution in [0.3, 0.4) is 0 Å². The van der Waals surface area contributed by atoms with E-state index in [0.717, 1.165) is 0 Å². The van der Waals surface area contributed by atoms with Crippen LogP contribution in [0.1, 0.15) is 0 Å². The van der Waals surface area contributed by atoms with Gasteiger partial charge in [-0.15, -0.1) is 0 Å². The van der Waals surface area contributed by atoms with Crippen molar-refractivity contribution in [2.45, 2.75) is 0 Å². The van der Waals surface area contributed by atoms with Crippen molar-refractivity contribution < 1.29 is 25.2 Å². The molecule has 0 bridgehead atoms. The van der Waals surface area contributed by atoms with Gasteiger partial charge in [0, 0.05) is 0 Å². The molecule has 0 atom stereocenters. The Hall–Kier alpha value is 0.332. The van der Waals surface area contributed by atoms with Crippen LogP contribution in [0.2, 0.25) is 0 Å². The normalized spacial score (nSPS) is 1.00. The zero-order valence-electron chi connectivity index (χ0n) is 2.34. The number of rotatable bonds is 0. The average Bonchev–Trinajstić information content (AvgIpc) is 1.00. The standard InChI is InChI=1S/CHO.CH3.Pd.2H/c1-2;;;;/h1H;1H3;;;/q2*-1;;;. The van der Waals surface area contributed by atoms with Gasteiger partial charge in [-0.2, -0.15) is 0 Å². The summed E-state index contributed by atoms with van der Waals surface area (Å²) in [4.78, 5) is 7.75. The SMILES string of the molecule is [CH-]=O.[CH3-].[PdH2]. The van der Waals surface area contributed by atoms with E-state index in [0.29, 0.717) is 0 Å². The molecule has 0 aliphatic rings. The summed E-state index contributed by atoms with van der Waals surface area (Å²) in [6, 6.07) is 0. The summed E-state index contributed by atoms with van der Waals surface area (Å²) < 4.78 is 0. The number of hydrogen-bond donors (Lipinski definition) is 0. The molecule has 0 rings (SSSR count). The van der Waals surface area contributed by atoms with Crippen LogP contribution in [0, 0.1) is 7.43 Å². The van der Waals surface area contributed by atoms with Gasteiger partial charge in [-0.25, -0.2) is 0 Å². The molecule has 0 aliphatic heterocycles. The second kappa shape index (κ2) is 164. The predicted molar refractivity (Wildman–Crippen MR) is 16.0 cm³/mol. The quantitative estimate of drug-likeness (QED) is 0.263. The molecule has 2 heteroatoms. The molecule has 0 aliphatic carbocycles. The topological polar surface area (TPSA) is 17.1 Å². The maximum atomic E-state index is 7.75. The second-order valence-electron chi connectivity index (χ2n) is 0. The first-order valence-corrected chi connectivity index (χ1v) is 0.236. The molecule has 0 radical (unpaired) electrons. The predicted octanol–water partition coefficient (Wildman–Crippen LogP) is -0.362. The average molecular weight is 152 g/mol. The van der Waals surface area contributed by atoms with Gasteiger partial charge in [-0.1, -0.05) is 0 Å². The van der Waals surface area contributed by atoms with Crippen LogP contribution in [0.5, 0.6) is 0 Å². The van der Waals surface area contributed by atoms with E-state index in [-0.39, 0.29) is 27.8 Å². The van der Waals surface area contributed by atoms with Crippen LogP contribution in [0.25, 0.3) is 0 Å². The summed E-state index contributed by atoms with van der Waals surface area (Å²) in [5.41, 5.74) is 0. The zero-order valence-corrected chi connectivity index (χ0v) is 4.08. The fraction of sp³-hybridized carbons (Fsp3) is 0. The van der Waals surface area contributed by atoms with Gasteiger partial charge in [0.1, 0.15) is 0 Å². The van der Waals surface area contributed by atoms with Gasteiger partial charge in [0.05, 0.1) is 0 Å². The van der Waals surface area contributed by atoms with Crippen LogP contribution in [-0.4, -0.2) is 6.79 Å². The Morgan fingerprint density at radius 3 is 1.25 bits per heavy atom. The zero-order chi connectivity index (χ0) is 2.00. The summed E-state index contributed by atoms with van der Waals surface area (Å²) in [5, 5.41) is 0. The summed E-state index contributed by atoms with van der Waals surface area (Å²) >= 11 is 0. The van der Waals surface area contributed by atoms with Crippen LogP contribution in [0.4, 0.5) is 0 Å². The van der Waals surface area contributed by atoms with Gasteiger partial charge in [0.2, 0.25) is 0 Å². The van der Waals surface area contributed by atoms with E-state index in [4.69, 9.17) is 4.79 Å². The molecule has 0 heterocycles. The fourth-order valence-corrected chi connectivity index (χ4v) is 0. The Kier molecular flexibility index (Phi) is 1110. The van der Waals surface area contributed by atoms with E-state index in [1.54, 1.807) is 0 Å². The van der Waals surface area contributed by atoms with E-state index in [9.17, 15) is 0 Å². The molecule has 0 amide bonds. The van der Waals surface area contributed by atoms with Crippen molar-refractivity contribution in [1.29, 1.82) is 0 Å². The van der Waals surface area contributed by atoms with Crippen molar-refractivity contribution in [1.82, 2.24) is 0 Å². The van der Waals surface area contributed by atoms with Gasteiger partial charge >= 0.3 is 20.4 Å². The Morgan fingerprint density at radius 1 is 1.25 bits per heavy atom. The van der Waals surface area contributed by atoms with E-state index >= 15 is 0 Å². The molecule has 1 nitrogen and oxygen atoms in total. The van der Waals surface area contributed by atoms with Crippen molar-refractivity contribution in [2.75, 3.05) is 0 Å². The van der Waals surface area contributed by atoms with E-state index in [1.165, 1.54) is 0 Å². The summed E-state index contributed by atoms with van der Waals surface area (Å²) in [7, 11) is 0. The Labute approximate surface area is 40.1 Å². The molecule has 0 N–H and O–H groups in total. The first-order chi connectivity index (χ1) is 1.00. The van der Waals surface area contributed by atoms with Gasteiger partial charge < -0.3 is 12.2 Å². The second-order valence-corrected chi connectivity index (χ2v) is 0. The Balaban J connectivity index is -0.00000000500. The fourth-order valence-electron chi connectivity index (χ4n) is 0. The molecule has 0 saturated heterocycles. The third-order valence-electron chi connectivity index (χ3n) is 0. The van der Waals surface area contributed by atoms with Gasteiger partial charge in [-0.3, -0.25) is 6.79 Å². The van der Waals surface area contributed by atoms with Gasteiger partial charge in [0.15, 0.2) is 0 Å². The molecule has 0 aromatic heterocycles. The molecule has 32 valence electrons. The molecule has 0 spiro atoms. The van der Waals surface area contributed by atoms with Crippen molar-refractivity contribution in [3.63, 3.8) is 0 Å². The van der Waals surface area contributed by atoms with Crippen molar-refractivity contribution in [2.24, 2.45) is 0 Å². The monoisotopic (exact) mass is 152 g/mol. The molecule has 0 unspecified atom stereocenters. The third-order valence-corrected chi connectivity index (χ3v) is 0. The molecular weight excluding hydrogens is 146 g/mol. The number of carbonyl (C=O) groups excluding carboxylic acids is 1. The first-order valence-electron chi connectivity index (χ1n) is 0.236. The van der Waals surface area contributed by atoms with Crippen LogP contribution >= 0.6 is 0 Å². The Morgan fingerprint density at radius 2 is 1.25 bits per heavy atom. The van der Waals surface area contributed by atoms with Crippen LogP contribution in [-0.2, 0) is 25.2 Å². The van der Waals surface area contributed by atoms with Crippen LogP contribution < -0.4 is 0 Å². The van der Waals surface area contributed by atoms with Crippen molar-refractivity contribution >= 4 is 6.79 Å².